The minimum Gasteiger partial charge on any atom is -0.354 e. The van der Waals surface area contributed by atoms with E-state index in [1.807, 2.05) is 6.92 Å². The molecule has 0 N–H and O–H groups in total. The Morgan fingerprint density at radius 3 is 2.76 bits per heavy atom. The van der Waals surface area contributed by atoms with Gasteiger partial charge in [0, 0.05) is 11.8 Å². The summed E-state index contributed by atoms with van der Waals surface area (Å²) in [5.74, 6) is 0.855. The Labute approximate surface area is 103 Å². The van der Waals surface area contributed by atoms with Crippen molar-refractivity contribution in [3.63, 3.8) is 0 Å². The number of ether oxygens (including phenoxy) is 1. The summed E-state index contributed by atoms with van der Waals surface area (Å²) in [5, 5.41) is 0. The Morgan fingerprint density at radius 2 is 2.12 bits per heavy atom. The second-order valence-electron chi connectivity index (χ2n) is 6.73. The number of carbonyl (C=O) groups is 1. The Balaban J connectivity index is 1.97. The molecule has 0 amide bonds. The lowest BCUT2D eigenvalue weighted by atomic mass is 9.54. The first-order chi connectivity index (χ1) is 7.85. The largest absolute Gasteiger partial charge is 0.354 e. The molecule has 4 atom stereocenters. The molecule has 0 bridgehead atoms. The fourth-order valence-corrected chi connectivity index (χ4v) is 4.31. The fourth-order valence-electron chi connectivity index (χ4n) is 4.31. The standard InChI is InChI=1S/C15H22O2/c1-10(2)11-5-7-13(3)8-6-12(16)14(4)15(13,9-11)17-14/h11H,1,5-9H2,2-4H3. The van der Waals surface area contributed by atoms with Gasteiger partial charge in [0.1, 0.15) is 5.60 Å². The second kappa shape index (κ2) is 3.03. The van der Waals surface area contributed by atoms with Crippen molar-refractivity contribution in [3.8, 4) is 0 Å². The number of epoxide rings is 1. The average molecular weight is 234 g/mol. The molecule has 4 unspecified atom stereocenters. The van der Waals surface area contributed by atoms with Crippen LogP contribution in [0.2, 0.25) is 0 Å². The predicted molar refractivity (Wildman–Crippen MR) is 66.7 cm³/mol. The van der Waals surface area contributed by atoms with E-state index in [0.29, 0.717) is 18.1 Å². The van der Waals surface area contributed by atoms with Gasteiger partial charge in [-0.1, -0.05) is 19.1 Å². The van der Waals surface area contributed by atoms with Crippen molar-refractivity contribution < 1.29 is 9.53 Å². The first kappa shape index (κ1) is 11.5. The van der Waals surface area contributed by atoms with Crippen LogP contribution in [0.1, 0.15) is 52.9 Å². The van der Waals surface area contributed by atoms with Gasteiger partial charge in [0.05, 0.1) is 0 Å². The summed E-state index contributed by atoms with van der Waals surface area (Å²) in [6.45, 7) is 10.5. The van der Waals surface area contributed by atoms with E-state index < -0.39 is 5.60 Å². The van der Waals surface area contributed by atoms with Crippen molar-refractivity contribution in [1.29, 1.82) is 0 Å². The highest BCUT2D eigenvalue weighted by atomic mass is 16.6. The Morgan fingerprint density at radius 1 is 1.41 bits per heavy atom. The van der Waals surface area contributed by atoms with Crippen molar-refractivity contribution in [2.45, 2.75) is 64.1 Å². The van der Waals surface area contributed by atoms with Gasteiger partial charge in [-0.05, 0) is 45.4 Å². The molecule has 2 saturated carbocycles. The van der Waals surface area contributed by atoms with Gasteiger partial charge in [0.15, 0.2) is 11.4 Å². The molecule has 0 aromatic heterocycles. The minimum atomic E-state index is -0.478. The molecule has 3 fully saturated rings. The number of allylic oxidation sites excluding steroid dienone is 1. The number of hydrogen-bond acceptors (Lipinski definition) is 2. The lowest BCUT2D eigenvalue weighted by molar-refractivity contribution is -0.126. The van der Waals surface area contributed by atoms with Crippen LogP contribution < -0.4 is 0 Å². The molecule has 1 aliphatic heterocycles. The van der Waals surface area contributed by atoms with Crippen molar-refractivity contribution in [2.75, 3.05) is 0 Å². The zero-order valence-electron chi connectivity index (χ0n) is 11.1. The summed E-state index contributed by atoms with van der Waals surface area (Å²) in [7, 11) is 0. The molecule has 2 aliphatic carbocycles. The van der Waals surface area contributed by atoms with Crippen LogP contribution in [0.3, 0.4) is 0 Å². The van der Waals surface area contributed by atoms with Crippen LogP contribution in [0.15, 0.2) is 12.2 Å². The molecule has 1 saturated heterocycles. The third-order valence-corrected chi connectivity index (χ3v) is 5.79. The van der Waals surface area contributed by atoms with Gasteiger partial charge in [-0.3, -0.25) is 4.79 Å². The van der Waals surface area contributed by atoms with Crippen LogP contribution >= 0.6 is 0 Å². The average Bonchev–Trinajstić information content (AvgIpc) is 2.88. The number of rotatable bonds is 1. The summed E-state index contributed by atoms with van der Waals surface area (Å²) in [4.78, 5) is 12.1. The molecule has 1 spiro atoms. The number of Topliss-reactive ketones (excluding diaryl/α,β-unsaturated/α-hetero) is 1. The molecule has 17 heavy (non-hydrogen) atoms. The molecule has 0 aromatic rings. The van der Waals surface area contributed by atoms with E-state index in [-0.39, 0.29) is 11.0 Å². The Hall–Kier alpha value is -0.630. The van der Waals surface area contributed by atoms with E-state index in [0.717, 1.165) is 12.8 Å². The maximum atomic E-state index is 12.1. The monoisotopic (exact) mass is 234 g/mol. The van der Waals surface area contributed by atoms with Crippen LogP contribution in [0, 0.1) is 11.3 Å². The highest BCUT2D eigenvalue weighted by molar-refractivity contribution is 5.93. The maximum Gasteiger partial charge on any atom is 0.167 e. The summed E-state index contributed by atoms with van der Waals surface area (Å²) in [6.07, 6.45) is 5.09. The van der Waals surface area contributed by atoms with Crippen LogP contribution in [0.25, 0.3) is 0 Å². The molecule has 2 heteroatoms. The second-order valence-corrected chi connectivity index (χ2v) is 6.73. The number of carbonyl (C=O) groups excluding carboxylic acids is 1. The Kier molecular flexibility index (Phi) is 2.04. The molecule has 3 rings (SSSR count). The van der Waals surface area contributed by atoms with Crippen molar-refractivity contribution >= 4 is 5.78 Å². The molecular formula is C15H22O2. The third-order valence-electron chi connectivity index (χ3n) is 5.79. The van der Waals surface area contributed by atoms with E-state index in [1.165, 1.54) is 18.4 Å². The molecular weight excluding hydrogens is 212 g/mol. The van der Waals surface area contributed by atoms with Gasteiger partial charge in [-0.2, -0.15) is 0 Å². The highest BCUT2D eigenvalue weighted by Gasteiger charge is 2.80. The first-order valence-electron chi connectivity index (χ1n) is 6.74. The smallest absolute Gasteiger partial charge is 0.167 e. The predicted octanol–water partition coefficient (Wildman–Crippen LogP) is 3.26. The van der Waals surface area contributed by atoms with Crippen molar-refractivity contribution in [1.82, 2.24) is 0 Å². The van der Waals surface area contributed by atoms with E-state index in [9.17, 15) is 4.79 Å². The molecule has 2 nitrogen and oxygen atoms in total. The van der Waals surface area contributed by atoms with Gasteiger partial charge in [0.2, 0.25) is 0 Å². The fraction of sp³-hybridized carbons (Fsp3) is 0.800. The van der Waals surface area contributed by atoms with E-state index >= 15 is 0 Å². The molecule has 94 valence electrons. The van der Waals surface area contributed by atoms with Gasteiger partial charge in [-0.15, -0.1) is 0 Å². The lowest BCUT2D eigenvalue weighted by Gasteiger charge is -2.46. The van der Waals surface area contributed by atoms with Crippen LogP contribution in [0.5, 0.6) is 0 Å². The Bertz CT molecular complexity index is 413. The summed E-state index contributed by atoms with van der Waals surface area (Å²) in [5.41, 5.74) is 0.810. The quantitative estimate of drug-likeness (QED) is 0.515. The third kappa shape index (κ3) is 1.17. The van der Waals surface area contributed by atoms with Gasteiger partial charge >= 0.3 is 0 Å². The van der Waals surface area contributed by atoms with E-state index in [2.05, 4.69) is 20.4 Å². The normalized spacial score (nSPS) is 52.6. The maximum absolute atomic E-state index is 12.1. The van der Waals surface area contributed by atoms with Crippen LogP contribution in [-0.2, 0) is 9.53 Å². The van der Waals surface area contributed by atoms with E-state index in [1.54, 1.807) is 0 Å². The topological polar surface area (TPSA) is 29.6 Å². The number of ketones is 1. The molecule has 3 aliphatic rings. The summed E-state index contributed by atoms with van der Waals surface area (Å²) >= 11 is 0. The zero-order valence-corrected chi connectivity index (χ0v) is 11.1. The van der Waals surface area contributed by atoms with Gasteiger partial charge < -0.3 is 4.74 Å². The van der Waals surface area contributed by atoms with Crippen molar-refractivity contribution in [2.24, 2.45) is 11.3 Å². The van der Waals surface area contributed by atoms with Gasteiger partial charge in [-0.25, -0.2) is 0 Å². The highest BCUT2D eigenvalue weighted by Crippen LogP contribution is 2.70. The minimum absolute atomic E-state index is 0.169. The lowest BCUT2D eigenvalue weighted by Crippen LogP contribution is -2.52. The van der Waals surface area contributed by atoms with Crippen LogP contribution in [0.4, 0.5) is 0 Å². The molecule has 0 radical (unpaired) electrons. The van der Waals surface area contributed by atoms with E-state index in [4.69, 9.17) is 4.74 Å². The van der Waals surface area contributed by atoms with Gasteiger partial charge in [0.25, 0.3) is 0 Å². The summed E-state index contributed by atoms with van der Waals surface area (Å²) in [6, 6.07) is 0. The molecule has 1 heterocycles. The van der Waals surface area contributed by atoms with Crippen LogP contribution in [-0.4, -0.2) is 17.0 Å². The van der Waals surface area contributed by atoms with Crippen molar-refractivity contribution in [3.05, 3.63) is 12.2 Å². The molecule has 0 aromatic carbocycles. The first-order valence-corrected chi connectivity index (χ1v) is 6.74. The number of hydrogen-bond donors (Lipinski definition) is 0. The SMILES string of the molecule is C=C(C)C1CCC2(C)CCC(=O)C3(C)OC23C1. The summed E-state index contributed by atoms with van der Waals surface area (Å²) < 4.78 is 6.06. The zero-order chi connectivity index (χ0) is 12.5.